The van der Waals surface area contributed by atoms with Crippen molar-refractivity contribution < 1.29 is 9.53 Å². The summed E-state index contributed by atoms with van der Waals surface area (Å²) >= 11 is 0. The molecule has 0 heterocycles. The Bertz CT molecular complexity index is 240. The van der Waals surface area contributed by atoms with Crippen LogP contribution in [0.3, 0.4) is 0 Å². The summed E-state index contributed by atoms with van der Waals surface area (Å²) in [5.41, 5.74) is 5.44. The van der Waals surface area contributed by atoms with Gasteiger partial charge < -0.3 is 10.5 Å². The van der Waals surface area contributed by atoms with Crippen LogP contribution >= 0.6 is 0 Å². The fraction of sp³-hybridized carbons (Fsp3) is 0.950. The van der Waals surface area contributed by atoms with E-state index in [-0.39, 0.29) is 12.1 Å². The van der Waals surface area contributed by atoms with Crippen LogP contribution in [0.2, 0.25) is 0 Å². The van der Waals surface area contributed by atoms with Crippen LogP contribution in [0.15, 0.2) is 0 Å². The average Bonchev–Trinajstić information content (AvgIpc) is 2.53. The largest absolute Gasteiger partial charge is 0.462 e. The SMILES string of the molecule is CCCCCCCCC(CCCCCCCC)OC(=O)CCN. The molecule has 0 bridgehead atoms. The lowest BCUT2D eigenvalue weighted by Gasteiger charge is -2.18. The Morgan fingerprint density at radius 3 is 1.65 bits per heavy atom. The summed E-state index contributed by atoms with van der Waals surface area (Å²) in [5, 5.41) is 0. The maximum absolute atomic E-state index is 11.7. The molecule has 0 aromatic carbocycles. The van der Waals surface area contributed by atoms with Gasteiger partial charge in [-0.2, -0.15) is 0 Å². The second kappa shape index (κ2) is 17.8. The smallest absolute Gasteiger partial charge is 0.307 e. The summed E-state index contributed by atoms with van der Waals surface area (Å²) in [6.07, 6.45) is 18.0. The van der Waals surface area contributed by atoms with Gasteiger partial charge in [-0.25, -0.2) is 0 Å². The molecule has 3 nitrogen and oxygen atoms in total. The maximum Gasteiger partial charge on any atom is 0.307 e. The van der Waals surface area contributed by atoms with E-state index >= 15 is 0 Å². The molecule has 0 rings (SSSR count). The molecule has 0 spiro atoms. The zero-order valence-electron chi connectivity index (χ0n) is 15.8. The van der Waals surface area contributed by atoms with Crippen molar-refractivity contribution in [3.8, 4) is 0 Å². The van der Waals surface area contributed by atoms with Gasteiger partial charge >= 0.3 is 5.97 Å². The molecule has 0 aromatic rings. The zero-order chi connectivity index (χ0) is 17.2. The molecule has 0 saturated carbocycles. The maximum atomic E-state index is 11.7. The van der Waals surface area contributed by atoms with Crippen molar-refractivity contribution in [1.82, 2.24) is 0 Å². The van der Waals surface area contributed by atoms with E-state index in [4.69, 9.17) is 10.5 Å². The topological polar surface area (TPSA) is 52.3 Å². The van der Waals surface area contributed by atoms with E-state index in [1.165, 1.54) is 77.0 Å². The number of hydrogen-bond donors (Lipinski definition) is 1. The van der Waals surface area contributed by atoms with Crippen LogP contribution in [0.5, 0.6) is 0 Å². The first-order chi connectivity index (χ1) is 11.2. The van der Waals surface area contributed by atoms with Crippen molar-refractivity contribution in [2.75, 3.05) is 6.54 Å². The Kier molecular flexibility index (Phi) is 17.3. The van der Waals surface area contributed by atoms with E-state index in [0.29, 0.717) is 13.0 Å². The van der Waals surface area contributed by atoms with Crippen LogP contribution in [0, 0.1) is 0 Å². The van der Waals surface area contributed by atoms with Gasteiger partial charge in [0.05, 0.1) is 6.42 Å². The fourth-order valence-electron chi connectivity index (χ4n) is 2.93. The standard InChI is InChI=1S/C20H41NO2/c1-3-5-7-9-11-13-15-19(23-20(22)17-18-21)16-14-12-10-8-6-4-2/h19H,3-18,21H2,1-2H3. The fourth-order valence-corrected chi connectivity index (χ4v) is 2.93. The third-order valence-corrected chi connectivity index (χ3v) is 4.41. The monoisotopic (exact) mass is 327 g/mol. The first-order valence-electron chi connectivity index (χ1n) is 10.1. The normalized spacial score (nSPS) is 11.1. The summed E-state index contributed by atoms with van der Waals surface area (Å²) in [6, 6.07) is 0. The van der Waals surface area contributed by atoms with Crippen molar-refractivity contribution in [3.63, 3.8) is 0 Å². The molecule has 0 aliphatic heterocycles. The van der Waals surface area contributed by atoms with Gasteiger partial charge in [-0.15, -0.1) is 0 Å². The Morgan fingerprint density at radius 2 is 1.22 bits per heavy atom. The Morgan fingerprint density at radius 1 is 0.783 bits per heavy atom. The van der Waals surface area contributed by atoms with Crippen LogP contribution < -0.4 is 5.73 Å². The highest BCUT2D eigenvalue weighted by Crippen LogP contribution is 2.17. The number of carbonyl (C=O) groups excluding carboxylic acids is 1. The van der Waals surface area contributed by atoms with Crippen LogP contribution in [-0.4, -0.2) is 18.6 Å². The molecule has 23 heavy (non-hydrogen) atoms. The van der Waals surface area contributed by atoms with E-state index in [9.17, 15) is 4.79 Å². The van der Waals surface area contributed by atoms with E-state index < -0.39 is 0 Å². The third kappa shape index (κ3) is 16.1. The van der Waals surface area contributed by atoms with Crippen molar-refractivity contribution >= 4 is 5.97 Å². The highest BCUT2D eigenvalue weighted by molar-refractivity contribution is 5.69. The lowest BCUT2D eigenvalue weighted by Crippen LogP contribution is -2.20. The first-order valence-corrected chi connectivity index (χ1v) is 10.1. The summed E-state index contributed by atoms with van der Waals surface area (Å²) in [6.45, 7) is 4.88. The average molecular weight is 328 g/mol. The first kappa shape index (κ1) is 22.4. The van der Waals surface area contributed by atoms with Crippen LogP contribution in [0.1, 0.15) is 110 Å². The molecule has 0 saturated heterocycles. The van der Waals surface area contributed by atoms with Crippen LogP contribution in [0.25, 0.3) is 0 Å². The van der Waals surface area contributed by atoms with Gasteiger partial charge in [0.1, 0.15) is 6.10 Å². The van der Waals surface area contributed by atoms with Crippen molar-refractivity contribution in [3.05, 3.63) is 0 Å². The van der Waals surface area contributed by atoms with Crippen molar-refractivity contribution in [2.24, 2.45) is 5.73 Å². The molecule has 0 amide bonds. The number of ether oxygens (including phenoxy) is 1. The number of rotatable bonds is 17. The molecule has 0 unspecified atom stereocenters. The zero-order valence-corrected chi connectivity index (χ0v) is 15.8. The third-order valence-electron chi connectivity index (χ3n) is 4.41. The van der Waals surface area contributed by atoms with E-state index in [1.54, 1.807) is 0 Å². The number of esters is 1. The van der Waals surface area contributed by atoms with Crippen LogP contribution in [0.4, 0.5) is 0 Å². The quantitative estimate of drug-likeness (QED) is 0.273. The Labute approximate surface area is 144 Å². The van der Waals surface area contributed by atoms with Crippen molar-refractivity contribution in [2.45, 2.75) is 116 Å². The minimum atomic E-state index is -0.116. The van der Waals surface area contributed by atoms with Gasteiger partial charge in [-0.3, -0.25) is 4.79 Å². The molecular formula is C20H41NO2. The van der Waals surface area contributed by atoms with Gasteiger partial charge in [-0.1, -0.05) is 78.1 Å². The van der Waals surface area contributed by atoms with E-state index in [1.807, 2.05) is 0 Å². The summed E-state index contributed by atoms with van der Waals surface area (Å²) in [4.78, 5) is 11.7. The molecule has 0 atom stereocenters. The lowest BCUT2D eigenvalue weighted by molar-refractivity contribution is -0.149. The lowest BCUT2D eigenvalue weighted by atomic mass is 10.0. The van der Waals surface area contributed by atoms with Crippen LogP contribution in [-0.2, 0) is 9.53 Å². The minimum absolute atomic E-state index is 0.116. The highest BCUT2D eigenvalue weighted by atomic mass is 16.5. The van der Waals surface area contributed by atoms with Gasteiger partial charge in [-0.05, 0) is 25.7 Å². The van der Waals surface area contributed by atoms with Gasteiger partial charge in [0.25, 0.3) is 0 Å². The summed E-state index contributed by atoms with van der Waals surface area (Å²) in [5.74, 6) is -0.116. The summed E-state index contributed by atoms with van der Waals surface area (Å²) < 4.78 is 5.63. The summed E-state index contributed by atoms with van der Waals surface area (Å²) in [7, 11) is 0. The molecule has 0 aliphatic carbocycles. The van der Waals surface area contributed by atoms with E-state index in [0.717, 1.165) is 12.8 Å². The molecule has 0 aromatic heterocycles. The van der Waals surface area contributed by atoms with Gasteiger partial charge in [0, 0.05) is 6.54 Å². The van der Waals surface area contributed by atoms with E-state index in [2.05, 4.69) is 13.8 Å². The molecule has 0 aliphatic rings. The number of nitrogens with two attached hydrogens (primary N) is 1. The van der Waals surface area contributed by atoms with Crippen molar-refractivity contribution in [1.29, 1.82) is 0 Å². The predicted octanol–water partition coefficient (Wildman–Crippen LogP) is 5.75. The Hall–Kier alpha value is -0.570. The molecule has 2 N–H and O–H groups in total. The highest BCUT2D eigenvalue weighted by Gasteiger charge is 2.13. The minimum Gasteiger partial charge on any atom is -0.462 e. The van der Waals surface area contributed by atoms with Gasteiger partial charge in [0.2, 0.25) is 0 Å². The Balaban J connectivity index is 3.86. The number of unbranched alkanes of at least 4 members (excludes halogenated alkanes) is 10. The van der Waals surface area contributed by atoms with Gasteiger partial charge in [0.15, 0.2) is 0 Å². The molecule has 0 fully saturated rings. The second-order valence-electron chi connectivity index (χ2n) is 6.76. The molecule has 138 valence electrons. The molecule has 0 radical (unpaired) electrons. The second-order valence-corrected chi connectivity index (χ2v) is 6.76. The molecule has 3 heteroatoms. The predicted molar refractivity (Wildman–Crippen MR) is 99.5 cm³/mol. The number of hydrogen-bond acceptors (Lipinski definition) is 3. The number of carbonyl (C=O) groups is 1. The molecular weight excluding hydrogens is 286 g/mol.